The van der Waals surface area contributed by atoms with Crippen LogP contribution in [0.3, 0.4) is 0 Å². The molecule has 0 unspecified atom stereocenters. The van der Waals surface area contributed by atoms with Gasteiger partial charge < -0.3 is 16.2 Å². The number of hydrogen-bond acceptors (Lipinski definition) is 3. The summed E-state index contributed by atoms with van der Waals surface area (Å²) >= 11 is 11.6. The van der Waals surface area contributed by atoms with Gasteiger partial charge in [-0.1, -0.05) is 23.2 Å². The molecule has 4 N–H and O–H groups in total. The van der Waals surface area contributed by atoms with E-state index in [0.29, 0.717) is 16.5 Å². The fraction of sp³-hybridized carbons (Fsp3) is 0.143. The number of nitrogen functional groups attached to an aromatic ring is 2. The largest absolute Gasteiger partial charge is 0.494 e. The van der Waals surface area contributed by atoms with Gasteiger partial charge in [0.15, 0.2) is 5.75 Å². The molecule has 0 amide bonds. The molecule has 0 aliphatic rings. The topological polar surface area (TPSA) is 61.3 Å². The molecule has 0 aromatic heterocycles. The molecule has 0 radical (unpaired) electrons. The Morgan fingerprint density at radius 1 is 1.33 bits per heavy atom. The Morgan fingerprint density at radius 3 is 2.42 bits per heavy atom. The maximum absolute atomic E-state index is 5.79. The summed E-state index contributed by atoms with van der Waals surface area (Å²) in [6.45, 7) is 0. The van der Waals surface area contributed by atoms with Crippen LogP contribution in [0.4, 0.5) is 11.4 Å². The van der Waals surface area contributed by atoms with Gasteiger partial charge in [0.05, 0.1) is 23.5 Å². The normalized spacial score (nSPS) is 9.92. The second kappa shape index (κ2) is 3.29. The highest BCUT2D eigenvalue weighted by Gasteiger charge is 2.12. The second-order valence-corrected chi connectivity index (χ2v) is 2.99. The van der Waals surface area contributed by atoms with E-state index >= 15 is 0 Å². The first-order chi connectivity index (χ1) is 5.57. The van der Waals surface area contributed by atoms with E-state index in [9.17, 15) is 0 Å². The number of halogens is 2. The maximum atomic E-state index is 5.79. The van der Waals surface area contributed by atoms with Crippen molar-refractivity contribution >= 4 is 34.6 Å². The fourth-order valence-electron chi connectivity index (χ4n) is 0.821. The lowest BCUT2D eigenvalue weighted by Crippen LogP contribution is -1.97. The highest BCUT2D eigenvalue weighted by molar-refractivity contribution is 6.39. The summed E-state index contributed by atoms with van der Waals surface area (Å²) in [5.74, 6) is 0.352. The van der Waals surface area contributed by atoms with E-state index in [1.807, 2.05) is 0 Å². The molecule has 0 aliphatic heterocycles. The Morgan fingerprint density at radius 2 is 1.92 bits per heavy atom. The van der Waals surface area contributed by atoms with Gasteiger partial charge in [0.1, 0.15) is 5.02 Å². The molecule has 0 heterocycles. The van der Waals surface area contributed by atoms with Crippen molar-refractivity contribution in [2.24, 2.45) is 0 Å². The Hall–Kier alpha value is -0.800. The molecule has 1 aromatic carbocycles. The number of nitrogens with two attached hydrogens (primary N) is 2. The van der Waals surface area contributed by atoms with Crippen LogP contribution in [0.25, 0.3) is 0 Å². The van der Waals surface area contributed by atoms with Crippen molar-refractivity contribution in [1.82, 2.24) is 0 Å². The quantitative estimate of drug-likeness (QED) is 0.693. The number of methoxy groups -OCH3 is 1. The first-order valence-corrected chi connectivity index (χ1v) is 3.90. The number of hydrogen-bond donors (Lipinski definition) is 2. The van der Waals surface area contributed by atoms with E-state index in [1.165, 1.54) is 13.2 Å². The molecule has 0 aliphatic carbocycles. The van der Waals surface area contributed by atoms with Crippen molar-refractivity contribution < 1.29 is 4.74 Å². The SMILES string of the molecule is COc1c(Cl)cc(N)c(N)c1Cl. The molecule has 0 saturated carbocycles. The van der Waals surface area contributed by atoms with Crippen LogP contribution in [-0.2, 0) is 0 Å². The van der Waals surface area contributed by atoms with Gasteiger partial charge in [-0.15, -0.1) is 0 Å². The molecule has 1 rings (SSSR count). The maximum Gasteiger partial charge on any atom is 0.158 e. The van der Waals surface area contributed by atoms with Crippen LogP contribution in [0.15, 0.2) is 6.07 Å². The summed E-state index contributed by atoms with van der Waals surface area (Å²) < 4.78 is 4.91. The predicted octanol–water partition coefficient (Wildman–Crippen LogP) is 2.17. The minimum absolute atomic E-state index is 0.252. The minimum atomic E-state index is 0.252. The van der Waals surface area contributed by atoms with Crippen LogP contribution in [0.2, 0.25) is 10.0 Å². The summed E-state index contributed by atoms with van der Waals surface area (Å²) in [5.41, 5.74) is 11.7. The van der Waals surface area contributed by atoms with Crippen molar-refractivity contribution in [2.45, 2.75) is 0 Å². The van der Waals surface area contributed by atoms with E-state index in [4.69, 9.17) is 39.4 Å². The average molecular weight is 207 g/mol. The van der Waals surface area contributed by atoms with Crippen LogP contribution < -0.4 is 16.2 Å². The van der Waals surface area contributed by atoms with E-state index in [-0.39, 0.29) is 10.7 Å². The number of anilines is 2. The van der Waals surface area contributed by atoms with Crippen molar-refractivity contribution in [3.8, 4) is 5.75 Å². The summed E-state index contributed by atoms with van der Waals surface area (Å²) in [6, 6.07) is 1.50. The molecule has 0 fully saturated rings. The van der Waals surface area contributed by atoms with Gasteiger partial charge in [-0.25, -0.2) is 0 Å². The molecular weight excluding hydrogens is 199 g/mol. The Balaban J connectivity index is 3.40. The number of ether oxygens (including phenoxy) is 1. The van der Waals surface area contributed by atoms with Gasteiger partial charge >= 0.3 is 0 Å². The Labute approximate surface area is 80.2 Å². The predicted molar refractivity (Wildman–Crippen MR) is 51.8 cm³/mol. The highest BCUT2D eigenvalue weighted by Crippen LogP contribution is 2.40. The van der Waals surface area contributed by atoms with E-state index in [1.54, 1.807) is 0 Å². The molecule has 3 nitrogen and oxygen atoms in total. The summed E-state index contributed by atoms with van der Waals surface area (Å²) in [4.78, 5) is 0. The van der Waals surface area contributed by atoms with Crippen LogP contribution in [0.5, 0.6) is 5.75 Å². The Bertz CT molecular complexity index is 315. The van der Waals surface area contributed by atoms with Crippen molar-refractivity contribution in [1.29, 1.82) is 0 Å². The number of benzene rings is 1. The molecule has 0 bridgehead atoms. The van der Waals surface area contributed by atoms with Crippen molar-refractivity contribution in [3.05, 3.63) is 16.1 Å². The monoisotopic (exact) mass is 206 g/mol. The first-order valence-electron chi connectivity index (χ1n) is 3.15. The lowest BCUT2D eigenvalue weighted by molar-refractivity contribution is 0.415. The van der Waals surface area contributed by atoms with Crippen LogP contribution >= 0.6 is 23.2 Å². The molecule has 1 aromatic rings. The van der Waals surface area contributed by atoms with E-state index in [2.05, 4.69) is 0 Å². The van der Waals surface area contributed by atoms with Crippen LogP contribution in [0.1, 0.15) is 0 Å². The highest BCUT2D eigenvalue weighted by atomic mass is 35.5. The Kier molecular flexibility index (Phi) is 2.55. The minimum Gasteiger partial charge on any atom is -0.494 e. The third-order valence-corrected chi connectivity index (χ3v) is 2.11. The average Bonchev–Trinajstić information content (AvgIpc) is 2.01. The standard InChI is InChI=1S/C7H8Cl2N2O/c1-12-7-3(8)2-4(10)6(11)5(7)9/h2H,10-11H2,1H3. The molecule has 12 heavy (non-hydrogen) atoms. The van der Waals surface area contributed by atoms with Gasteiger partial charge in [-0.2, -0.15) is 0 Å². The first kappa shape index (κ1) is 9.29. The summed E-state index contributed by atoms with van der Waals surface area (Å²) in [6.07, 6.45) is 0. The fourth-order valence-corrected chi connectivity index (χ4v) is 1.45. The molecular formula is C7H8Cl2N2O. The van der Waals surface area contributed by atoms with Crippen LogP contribution in [0, 0.1) is 0 Å². The summed E-state index contributed by atoms with van der Waals surface area (Å²) in [7, 11) is 1.46. The zero-order valence-corrected chi connectivity index (χ0v) is 7.91. The number of rotatable bonds is 1. The lowest BCUT2D eigenvalue weighted by atomic mass is 10.2. The summed E-state index contributed by atoms with van der Waals surface area (Å²) in [5, 5.41) is 0.608. The van der Waals surface area contributed by atoms with Crippen molar-refractivity contribution in [3.63, 3.8) is 0 Å². The molecule has 0 saturated heterocycles. The van der Waals surface area contributed by atoms with Gasteiger partial charge in [0.2, 0.25) is 0 Å². The second-order valence-electron chi connectivity index (χ2n) is 2.21. The third kappa shape index (κ3) is 1.38. The zero-order chi connectivity index (χ0) is 9.30. The molecule has 66 valence electrons. The van der Waals surface area contributed by atoms with Gasteiger partial charge in [0.25, 0.3) is 0 Å². The van der Waals surface area contributed by atoms with Gasteiger partial charge in [0, 0.05) is 0 Å². The van der Waals surface area contributed by atoms with E-state index in [0.717, 1.165) is 0 Å². The van der Waals surface area contributed by atoms with E-state index < -0.39 is 0 Å². The smallest absolute Gasteiger partial charge is 0.158 e. The lowest BCUT2D eigenvalue weighted by Gasteiger charge is -2.09. The molecule has 0 atom stereocenters. The zero-order valence-electron chi connectivity index (χ0n) is 6.40. The van der Waals surface area contributed by atoms with Gasteiger partial charge in [-0.05, 0) is 6.07 Å². The molecule has 0 spiro atoms. The third-order valence-electron chi connectivity index (χ3n) is 1.45. The van der Waals surface area contributed by atoms with Gasteiger partial charge in [-0.3, -0.25) is 0 Å². The van der Waals surface area contributed by atoms with Crippen molar-refractivity contribution in [2.75, 3.05) is 18.6 Å². The van der Waals surface area contributed by atoms with Crippen LogP contribution in [-0.4, -0.2) is 7.11 Å². The molecule has 5 heteroatoms.